The second kappa shape index (κ2) is 9.42. The summed E-state index contributed by atoms with van der Waals surface area (Å²) in [4.78, 5) is 0. The van der Waals surface area contributed by atoms with Gasteiger partial charge in [0.2, 0.25) is 0 Å². The Hall–Kier alpha value is -3.35. The number of fused-ring (bicyclic) bond motifs is 4. The Morgan fingerprint density at radius 2 is 0.851 bits per heavy atom. The minimum absolute atomic E-state index is 0.148. The Morgan fingerprint density at radius 3 is 1.28 bits per heavy atom. The maximum atomic E-state index is 8.75. The van der Waals surface area contributed by atoms with E-state index < -0.39 is 12.9 Å². The van der Waals surface area contributed by atoms with Crippen molar-refractivity contribution in [2.45, 2.75) is 37.3 Å². The molecule has 2 aliphatic carbocycles. The summed E-state index contributed by atoms with van der Waals surface area (Å²) < 4.78 is 6.55. The molecule has 6 aromatic rings. The third-order valence-corrected chi connectivity index (χ3v) is 40.3. The van der Waals surface area contributed by atoms with Gasteiger partial charge in [0.05, 0.1) is 0 Å². The van der Waals surface area contributed by atoms with Crippen LogP contribution in [0.1, 0.15) is 50.3 Å². The molecule has 0 saturated carbocycles. The van der Waals surface area contributed by atoms with Gasteiger partial charge >= 0.3 is 282 Å². The van der Waals surface area contributed by atoms with Gasteiger partial charge in [0, 0.05) is 0 Å². The van der Waals surface area contributed by atoms with E-state index in [-0.39, 0.29) is 7.25 Å². The quantitative estimate of drug-likeness (QED) is 0.169. The van der Waals surface area contributed by atoms with Crippen LogP contribution in [0, 0.1) is 0 Å². The van der Waals surface area contributed by atoms with Crippen LogP contribution in [0.25, 0.3) is 56.0 Å². The van der Waals surface area contributed by atoms with Crippen LogP contribution in [-0.4, -0.2) is 3.71 Å². The first kappa shape index (κ1) is 31.0. The maximum absolute atomic E-state index is 8.75. The fraction of sp³-hybridized carbons (Fsp3) is 0.159. The van der Waals surface area contributed by atoms with E-state index in [2.05, 4.69) is 167 Å². The van der Waals surface area contributed by atoms with Crippen LogP contribution in [0.4, 0.5) is 0 Å². The molecule has 0 bridgehead atoms. The summed E-state index contributed by atoms with van der Waals surface area (Å²) >= 11 is -6.14. The van der Waals surface area contributed by atoms with Gasteiger partial charge in [0.15, 0.2) is 0 Å². The molecule has 8 rings (SSSR count). The molecule has 0 fully saturated rings. The van der Waals surface area contributed by atoms with E-state index in [1.54, 1.807) is 0 Å². The summed E-state index contributed by atoms with van der Waals surface area (Å²) in [5.41, 5.74) is 12.3. The fourth-order valence-electron chi connectivity index (χ4n) is 9.99. The normalized spacial score (nSPS) is 19.6. The van der Waals surface area contributed by atoms with E-state index in [1.165, 1.54) is 77.2 Å². The second-order valence-corrected chi connectivity index (χ2v) is 60.9. The van der Waals surface area contributed by atoms with Crippen molar-refractivity contribution >= 4 is 54.4 Å². The Morgan fingerprint density at radius 1 is 0.489 bits per heavy atom. The molecule has 0 spiro atoms. The summed E-state index contributed by atoms with van der Waals surface area (Å²) in [5, 5.41) is 4.98. The summed E-state index contributed by atoms with van der Waals surface area (Å²) in [6.07, 6.45) is 4.73. The summed E-state index contributed by atoms with van der Waals surface area (Å²) in [6, 6.07) is 43.9. The number of benzene rings is 6. The SMILES string of the molecule is C[CH]=[Zr]([CH3])([CH3])([Cl])([Cl])([CH]1C(C)=Cc2c(-c3cccc4ccccc34)cccc21)[CH]1C(C)=Cc2c(-c3cccc4ccccc34)cccc21. The van der Waals surface area contributed by atoms with Crippen LogP contribution in [-0.2, 0) is 12.9 Å². The zero-order valence-electron chi connectivity index (χ0n) is 27.7. The standard InChI is InChI=1S/2C20H15.C2H4.2CH3.2ClH.Zr/c2*1-14-12-16-8-5-11-19(20(16)13-14)18-10-4-7-15-6-2-3-9-17(15)18;1-2;;;;;/h2*2-13H,1H3;1H,2H3;2*1H3;2*1H;/q;;;;;;;+2/p-2. The van der Waals surface area contributed by atoms with Crippen LogP contribution in [0.15, 0.2) is 132 Å². The molecule has 47 heavy (non-hydrogen) atoms. The molecule has 0 aromatic heterocycles. The van der Waals surface area contributed by atoms with Gasteiger partial charge in [0.1, 0.15) is 0 Å². The first-order valence-corrected chi connectivity index (χ1v) is 32.3. The van der Waals surface area contributed by atoms with E-state index in [0.717, 1.165) is 0 Å². The average Bonchev–Trinajstić information content (AvgIpc) is 3.62. The summed E-state index contributed by atoms with van der Waals surface area (Å²) in [5.74, 6) is 0. The van der Waals surface area contributed by atoms with Crippen molar-refractivity contribution in [3.8, 4) is 22.3 Å². The molecule has 234 valence electrons. The van der Waals surface area contributed by atoms with Crippen LogP contribution < -0.4 is 0 Å². The Kier molecular flexibility index (Phi) is 6.20. The first-order valence-electron chi connectivity index (χ1n) is 16.8. The van der Waals surface area contributed by atoms with E-state index >= 15 is 0 Å². The monoisotopic (exact) mass is 728 g/mol. The van der Waals surface area contributed by atoms with Gasteiger partial charge in [-0.25, -0.2) is 0 Å². The molecule has 0 nitrogen and oxygen atoms in total. The van der Waals surface area contributed by atoms with E-state index in [1.807, 2.05) is 0 Å². The molecular formula is C44H40Cl2Zr. The first-order chi connectivity index (χ1) is 22.3. The number of hydrogen-bond donors (Lipinski definition) is 0. The number of allylic oxidation sites excluding steroid dienone is 2. The van der Waals surface area contributed by atoms with E-state index in [9.17, 15) is 0 Å². The van der Waals surface area contributed by atoms with Gasteiger partial charge in [-0.2, -0.15) is 0 Å². The van der Waals surface area contributed by atoms with Crippen LogP contribution in [0.5, 0.6) is 0 Å². The van der Waals surface area contributed by atoms with Crippen molar-refractivity contribution in [3.63, 3.8) is 0 Å². The van der Waals surface area contributed by atoms with Gasteiger partial charge in [-0.05, 0) is 0 Å². The van der Waals surface area contributed by atoms with Crippen molar-refractivity contribution in [2.24, 2.45) is 0 Å². The van der Waals surface area contributed by atoms with Gasteiger partial charge in [-0.3, -0.25) is 0 Å². The Bertz CT molecular complexity index is 2350. The van der Waals surface area contributed by atoms with Gasteiger partial charge in [-0.15, -0.1) is 0 Å². The van der Waals surface area contributed by atoms with Crippen LogP contribution in [0.2, 0.25) is 9.26 Å². The molecule has 3 heteroatoms. The van der Waals surface area contributed by atoms with Gasteiger partial charge < -0.3 is 0 Å². The van der Waals surface area contributed by atoms with Gasteiger partial charge in [-0.1, -0.05) is 0 Å². The minimum atomic E-state index is -6.14. The van der Waals surface area contributed by atoms with Crippen LogP contribution >= 0.6 is 17.0 Å². The third-order valence-electron chi connectivity index (χ3n) is 12.1. The van der Waals surface area contributed by atoms with Gasteiger partial charge in [0.25, 0.3) is 0 Å². The molecule has 2 aliphatic rings. The number of rotatable bonds is 4. The molecule has 2 unspecified atom stereocenters. The Labute approximate surface area is 279 Å². The third kappa shape index (κ3) is 4.26. The van der Waals surface area contributed by atoms with Crippen molar-refractivity contribution in [1.29, 1.82) is 0 Å². The molecule has 0 heterocycles. The number of halogens is 2. The Balaban J connectivity index is 1.37. The topological polar surface area (TPSA) is 0 Å². The molecule has 0 aliphatic heterocycles. The summed E-state index contributed by atoms with van der Waals surface area (Å²) in [6.45, 7) is 6.61. The number of hydrogen-bond acceptors (Lipinski definition) is 0. The fourth-order valence-corrected chi connectivity index (χ4v) is 35.7. The molecule has 0 amide bonds. The molecule has 6 aromatic carbocycles. The zero-order valence-corrected chi connectivity index (χ0v) is 31.7. The van der Waals surface area contributed by atoms with E-state index in [0.29, 0.717) is 0 Å². The van der Waals surface area contributed by atoms with Crippen molar-refractivity contribution < 1.29 is 12.9 Å². The predicted molar refractivity (Wildman–Crippen MR) is 207 cm³/mol. The second-order valence-electron chi connectivity index (χ2n) is 15.8. The zero-order chi connectivity index (χ0) is 32.9. The molecule has 0 radical (unpaired) electrons. The molecule has 2 atom stereocenters. The van der Waals surface area contributed by atoms with Crippen molar-refractivity contribution in [1.82, 2.24) is 0 Å². The van der Waals surface area contributed by atoms with E-state index in [4.69, 9.17) is 17.0 Å². The van der Waals surface area contributed by atoms with Crippen LogP contribution in [0.3, 0.4) is 0 Å². The molecular weight excluding hydrogens is 691 g/mol. The molecule has 0 N–H and O–H groups in total. The predicted octanol–water partition coefficient (Wildman–Crippen LogP) is 13.9. The molecule has 0 saturated heterocycles. The average molecular weight is 731 g/mol. The van der Waals surface area contributed by atoms with Crippen molar-refractivity contribution in [3.05, 3.63) is 155 Å². The summed E-state index contributed by atoms with van der Waals surface area (Å²) in [7, 11) is 17.5. The van der Waals surface area contributed by atoms with Crippen molar-refractivity contribution in [2.75, 3.05) is 0 Å².